The van der Waals surface area contributed by atoms with Crippen molar-refractivity contribution < 1.29 is 8.78 Å². The van der Waals surface area contributed by atoms with Crippen molar-refractivity contribution in [1.29, 1.82) is 0 Å². The predicted octanol–water partition coefficient (Wildman–Crippen LogP) is 4.50. The van der Waals surface area contributed by atoms with Crippen molar-refractivity contribution >= 4 is 23.2 Å². The molecule has 1 aromatic rings. The maximum Gasteiger partial charge on any atom is 0.277 e. The summed E-state index contributed by atoms with van der Waals surface area (Å²) in [6, 6.07) is 4.11. The molecular formula is C10H8Cl2F2. The summed E-state index contributed by atoms with van der Waals surface area (Å²) in [4.78, 5) is 0. The van der Waals surface area contributed by atoms with Gasteiger partial charge in [0.05, 0.1) is 5.02 Å². The molecule has 1 saturated carbocycles. The number of benzene rings is 1. The number of hydrogen-bond acceptors (Lipinski definition) is 0. The van der Waals surface area contributed by atoms with Gasteiger partial charge in [0, 0.05) is 16.5 Å². The van der Waals surface area contributed by atoms with E-state index in [9.17, 15) is 8.78 Å². The first-order chi connectivity index (χ1) is 6.51. The summed E-state index contributed by atoms with van der Waals surface area (Å²) in [6.45, 7) is 0. The zero-order valence-electron chi connectivity index (χ0n) is 7.24. The Morgan fingerprint density at radius 2 is 1.86 bits per heavy atom. The second kappa shape index (κ2) is 3.35. The van der Waals surface area contributed by atoms with Crippen LogP contribution in [0.1, 0.15) is 18.4 Å². The summed E-state index contributed by atoms with van der Waals surface area (Å²) in [5.74, 6) is -3.34. The Bertz CT molecular complexity index is 359. The van der Waals surface area contributed by atoms with Crippen LogP contribution in [0.15, 0.2) is 18.2 Å². The number of hydrogen-bond donors (Lipinski definition) is 0. The van der Waals surface area contributed by atoms with E-state index in [-0.39, 0.29) is 10.6 Å². The van der Waals surface area contributed by atoms with Gasteiger partial charge >= 0.3 is 0 Å². The monoisotopic (exact) mass is 236 g/mol. The van der Waals surface area contributed by atoms with Gasteiger partial charge in [-0.25, -0.2) is 8.78 Å². The first-order valence-electron chi connectivity index (χ1n) is 4.35. The third kappa shape index (κ3) is 1.73. The van der Waals surface area contributed by atoms with Crippen molar-refractivity contribution in [2.24, 2.45) is 5.92 Å². The van der Waals surface area contributed by atoms with Gasteiger partial charge in [-0.3, -0.25) is 0 Å². The molecule has 0 nitrogen and oxygen atoms in total. The summed E-state index contributed by atoms with van der Waals surface area (Å²) in [7, 11) is 0. The first kappa shape index (κ1) is 10.2. The van der Waals surface area contributed by atoms with Crippen molar-refractivity contribution in [2.75, 3.05) is 0 Å². The highest BCUT2D eigenvalue weighted by Crippen LogP contribution is 2.51. The molecule has 1 aliphatic carbocycles. The van der Waals surface area contributed by atoms with E-state index in [1.807, 2.05) is 0 Å². The Morgan fingerprint density at radius 1 is 1.21 bits per heavy atom. The molecule has 1 aromatic carbocycles. The summed E-state index contributed by atoms with van der Waals surface area (Å²) < 4.78 is 27.2. The summed E-state index contributed by atoms with van der Waals surface area (Å²) >= 11 is 11.4. The molecule has 0 radical (unpaired) electrons. The van der Waals surface area contributed by atoms with Crippen LogP contribution >= 0.6 is 23.2 Å². The molecule has 0 aliphatic heterocycles. The molecule has 0 unspecified atom stereocenters. The molecule has 1 aliphatic rings. The normalized spacial score (nSPS) is 17.1. The number of halogens is 4. The zero-order chi connectivity index (χ0) is 10.3. The lowest BCUT2D eigenvalue weighted by Gasteiger charge is -2.17. The van der Waals surface area contributed by atoms with Gasteiger partial charge in [-0.2, -0.15) is 0 Å². The van der Waals surface area contributed by atoms with Crippen LogP contribution < -0.4 is 0 Å². The molecule has 0 heterocycles. The molecule has 0 aromatic heterocycles. The molecule has 2 rings (SSSR count). The molecule has 0 spiro atoms. The van der Waals surface area contributed by atoms with E-state index in [1.54, 1.807) is 0 Å². The molecule has 0 atom stereocenters. The molecule has 76 valence electrons. The summed E-state index contributed by atoms with van der Waals surface area (Å²) in [5.41, 5.74) is -0.105. The quantitative estimate of drug-likeness (QED) is 0.710. The van der Waals surface area contributed by atoms with Gasteiger partial charge in [0.2, 0.25) is 0 Å². The SMILES string of the molecule is FC(F)(c1ccc(Cl)cc1Cl)C1CC1. The molecule has 0 amide bonds. The van der Waals surface area contributed by atoms with E-state index < -0.39 is 11.8 Å². The van der Waals surface area contributed by atoms with Gasteiger partial charge in [-0.1, -0.05) is 29.3 Å². The fourth-order valence-electron chi connectivity index (χ4n) is 1.43. The molecule has 0 saturated heterocycles. The largest absolute Gasteiger partial charge is 0.277 e. The summed E-state index contributed by atoms with van der Waals surface area (Å²) in [5, 5.41) is 0.430. The minimum absolute atomic E-state index is 0.0504. The summed E-state index contributed by atoms with van der Waals surface area (Å²) in [6.07, 6.45) is 1.15. The maximum absolute atomic E-state index is 13.6. The third-order valence-electron chi connectivity index (χ3n) is 2.38. The Morgan fingerprint density at radius 3 is 2.36 bits per heavy atom. The Labute approximate surface area is 90.8 Å². The molecule has 14 heavy (non-hydrogen) atoms. The average Bonchev–Trinajstić information content (AvgIpc) is 2.84. The second-order valence-electron chi connectivity index (χ2n) is 3.52. The Kier molecular flexibility index (Phi) is 2.44. The van der Waals surface area contributed by atoms with E-state index in [1.165, 1.54) is 18.2 Å². The van der Waals surface area contributed by atoms with Gasteiger partial charge < -0.3 is 0 Å². The lowest BCUT2D eigenvalue weighted by Crippen LogP contribution is -2.16. The molecule has 0 bridgehead atoms. The van der Waals surface area contributed by atoms with Crippen molar-refractivity contribution in [2.45, 2.75) is 18.8 Å². The van der Waals surface area contributed by atoms with Gasteiger partial charge in [-0.05, 0) is 25.0 Å². The van der Waals surface area contributed by atoms with Crippen LogP contribution in [-0.4, -0.2) is 0 Å². The highest BCUT2D eigenvalue weighted by Gasteiger charge is 2.48. The van der Waals surface area contributed by atoms with Crippen LogP contribution in [0.5, 0.6) is 0 Å². The highest BCUT2D eigenvalue weighted by atomic mass is 35.5. The van der Waals surface area contributed by atoms with Gasteiger partial charge in [-0.15, -0.1) is 0 Å². The van der Waals surface area contributed by atoms with Crippen molar-refractivity contribution in [3.8, 4) is 0 Å². The molecule has 1 fully saturated rings. The predicted molar refractivity (Wildman–Crippen MR) is 53.1 cm³/mol. The molecule has 0 N–H and O–H groups in total. The standard InChI is InChI=1S/C10H8Cl2F2/c11-7-3-4-8(9(12)5-7)10(13,14)6-1-2-6/h3-6H,1-2H2. The highest BCUT2D eigenvalue weighted by molar-refractivity contribution is 6.35. The van der Waals surface area contributed by atoms with E-state index in [2.05, 4.69) is 0 Å². The number of rotatable bonds is 2. The van der Waals surface area contributed by atoms with Crippen molar-refractivity contribution in [1.82, 2.24) is 0 Å². The topological polar surface area (TPSA) is 0 Å². The zero-order valence-corrected chi connectivity index (χ0v) is 8.75. The van der Waals surface area contributed by atoms with Crippen molar-refractivity contribution in [3.05, 3.63) is 33.8 Å². The van der Waals surface area contributed by atoms with E-state index >= 15 is 0 Å². The lowest BCUT2D eigenvalue weighted by atomic mass is 10.0. The van der Waals surface area contributed by atoms with Crippen LogP contribution in [0.25, 0.3) is 0 Å². The van der Waals surface area contributed by atoms with E-state index in [4.69, 9.17) is 23.2 Å². The first-order valence-corrected chi connectivity index (χ1v) is 5.11. The van der Waals surface area contributed by atoms with Crippen LogP contribution in [0.4, 0.5) is 8.78 Å². The molecule has 4 heteroatoms. The van der Waals surface area contributed by atoms with Gasteiger partial charge in [0.1, 0.15) is 0 Å². The van der Waals surface area contributed by atoms with Crippen LogP contribution in [-0.2, 0) is 5.92 Å². The third-order valence-corrected chi connectivity index (χ3v) is 2.93. The minimum atomic E-state index is -2.80. The van der Waals surface area contributed by atoms with Gasteiger partial charge in [0.25, 0.3) is 5.92 Å². The number of alkyl halides is 2. The van der Waals surface area contributed by atoms with Gasteiger partial charge in [0.15, 0.2) is 0 Å². The molecular weight excluding hydrogens is 229 g/mol. The van der Waals surface area contributed by atoms with Crippen LogP contribution in [0, 0.1) is 5.92 Å². The Hall–Kier alpha value is -0.340. The average molecular weight is 237 g/mol. The lowest BCUT2D eigenvalue weighted by molar-refractivity contribution is -0.0284. The van der Waals surface area contributed by atoms with E-state index in [0.29, 0.717) is 17.9 Å². The Balaban J connectivity index is 2.40. The fourth-order valence-corrected chi connectivity index (χ4v) is 1.96. The van der Waals surface area contributed by atoms with Crippen LogP contribution in [0.2, 0.25) is 10.0 Å². The maximum atomic E-state index is 13.6. The van der Waals surface area contributed by atoms with E-state index in [0.717, 1.165) is 0 Å². The second-order valence-corrected chi connectivity index (χ2v) is 4.37. The van der Waals surface area contributed by atoms with Crippen molar-refractivity contribution in [3.63, 3.8) is 0 Å². The smallest absolute Gasteiger partial charge is 0.201 e. The fraction of sp³-hybridized carbons (Fsp3) is 0.400. The minimum Gasteiger partial charge on any atom is -0.201 e. The van der Waals surface area contributed by atoms with Crippen LogP contribution in [0.3, 0.4) is 0 Å².